The van der Waals surface area contributed by atoms with Crippen LogP contribution in [0, 0.1) is 0 Å². The Labute approximate surface area is 112 Å². The Balaban J connectivity index is 1.96. The maximum Gasteiger partial charge on any atom is 0.123 e. The number of rotatable bonds is 1. The van der Waals surface area contributed by atoms with Crippen molar-refractivity contribution in [2.75, 3.05) is 6.61 Å². The lowest BCUT2D eigenvalue weighted by Gasteiger charge is -2.31. The summed E-state index contributed by atoms with van der Waals surface area (Å²) in [5, 5.41) is 19.0. The maximum atomic E-state index is 9.61. The average Bonchev–Trinajstić information content (AvgIpc) is 2.41. The summed E-state index contributed by atoms with van der Waals surface area (Å²) in [5.41, 5.74) is 2.17. The van der Waals surface area contributed by atoms with Crippen molar-refractivity contribution in [1.82, 2.24) is 0 Å². The number of ether oxygens (including phenoxy) is 1. The molecule has 0 bridgehead atoms. The summed E-state index contributed by atoms with van der Waals surface area (Å²) in [7, 11) is 0. The van der Waals surface area contributed by atoms with Gasteiger partial charge < -0.3 is 14.9 Å². The average molecular weight is 256 g/mol. The van der Waals surface area contributed by atoms with Crippen molar-refractivity contribution in [2.45, 2.75) is 18.8 Å². The van der Waals surface area contributed by atoms with Crippen molar-refractivity contribution in [2.24, 2.45) is 0 Å². The number of phenols is 2. The molecule has 0 fully saturated rings. The zero-order chi connectivity index (χ0) is 13.4. The van der Waals surface area contributed by atoms with Crippen LogP contribution in [0.15, 0.2) is 42.5 Å². The van der Waals surface area contributed by atoms with Crippen molar-refractivity contribution in [3.05, 3.63) is 53.6 Å². The summed E-state index contributed by atoms with van der Waals surface area (Å²) in [6.07, 6.45) is 0. The van der Waals surface area contributed by atoms with Crippen molar-refractivity contribution < 1.29 is 14.9 Å². The zero-order valence-electron chi connectivity index (χ0n) is 10.7. The standard InChI is InChI=1S/C16H16O3/c1-10-14-8-13(18)6-7-16(14)19-9-15(10)11-2-4-12(17)5-3-11/h2-8,10,15,17-18H,9H2,1H3/t10-,15+/m0/s1. The van der Waals surface area contributed by atoms with Crippen LogP contribution in [0.4, 0.5) is 0 Å². The molecule has 0 amide bonds. The van der Waals surface area contributed by atoms with Gasteiger partial charge in [-0.1, -0.05) is 19.1 Å². The smallest absolute Gasteiger partial charge is 0.123 e. The molecule has 3 rings (SSSR count). The molecule has 1 heterocycles. The third-order valence-corrected chi connectivity index (χ3v) is 3.83. The topological polar surface area (TPSA) is 49.7 Å². The molecule has 3 heteroatoms. The number of fused-ring (bicyclic) bond motifs is 1. The molecule has 2 aromatic carbocycles. The number of hydrogen-bond donors (Lipinski definition) is 2. The molecule has 1 aliphatic heterocycles. The second-order valence-corrected chi connectivity index (χ2v) is 5.02. The molecule has 2 atom stereocenters. The van der Waals surface area contributed by atoms with Gasteiger partial charge in [0.05, 0.1) is 6.61 Å². The Bertz CT molecular complexity index is 589. The first kappa shape index (κ1) is 11.9. The second kappa shape index (κ2) is 4.50. The molecule has 0 saturated heterocycles. The summed E-state index contributed by atoms with van der Waals surface area (Å²) in [5.74, 6) is 1.88. The first-order chi connectivity index (χ1) is 9.15. The molecule has 98 valence electrons. The van der Waals surface area contributed by atoms with Crippen molar-refractivity contribution in [3.63, 3.8) is 0 Å². The molecule has 0 spiro atoms. The Hall–Kier alpha value is -2.16. The summed E-state index contributed by atoms with van der Waals surface area (Å²) in [6, 6.07) is 12.5. The normalized spacial score (nSPS) is 21.5. The molecule has 2 aromatic rings. The first-order valence-electron chi connectivity index (χ1n) is 6.40. The second-order valence-electron chi connectivity index (χ2n) is 5.02. The van der Waals surface area contributed by atoms with E-state index in [2.05, 4.69) is 6.92 Å². The minimum absolute atomic E-state index is 0.231. The summed E-state index contributed by atoms with van der Waals surface area (Å²) in [4.78, 5) is 0. The fourth-order valence-corrected chi connectivity index (χ4v) is 2.67. The van der Waals surface area contributed by atoms with E-state index in [0.717, 1.165) is 16.9 Å². The van der Waals surface area contributed by atoms with E-state index in [9.17, 15) is 10.2 Å². The lowest BCUT2D eigenvalue weighted by molar-refractivity contribution is 0.242. The van der Waals surface area contributed by atoms with Gasteiger partial charge in [0.2, 0.25) is 0 Å². The minimum Gasteiger partial charge on any atom is -0.508 e. The molecule has 1 aliphatic rings. The highest BCUT2D eigenvalue weighted by Gasteiger charge is 2.29. The van der Waals surface area contributed by atoms with Crippen LogP contribution in [0.25, 0.3) is 0 Å². The third-order valence-electron chi connectivity index (χ3n) is 3.83. The van der Waals surface area contributed by atoms with Gasteiger partial charge in [-0.2, -0.15) is 0 Å². The SMILES string of the molecule is C[C@H]1c2cc(O)ccc2OC[C@H]1c1ccc(O)cc1. The van der Waals surface area contributed by atoms with E-state index >= 15 is 0 Å². The lowest BCUT2D eigenvalue weighted by atomic mass is 9.81. The largest absolute Gasteiger partial charge is 0.508 e. The minimum atomic E-state index is 0.231. The fourth-order valence-electron chi connectivity index (χ4n) is 2.67. The molecule has 0 saturated carbocycles. The van der Waals surface area contributed by atoms with Crippen LogP contribution in [-0.2, 0) is 0 Å². The van der Waals surface area contributed by atoms with Gasteiger partial charge in [0, 0.05) is 11.5 Å². The highest BCUT2D eigenvalue weighted by molar-refractivity contribution is 5.45. The van der Waals surface area contributed by atoms with Gasteiger partial charge in [-0.05, 0) is 41.8 Å². The monoisotopic (exact) mass is 256 g/mol. The van der Waals surface area contributed by atoms with Crippen LogP contribution in [0.5, 0.6) is 17.2 Å². The van der Waals surface area contributed by atoms with Crippen LogP contribution in [0.3, 0.4) is 0 Å². The van der Waals surface area contributed by atoms with Gasteiger partial charge in [0.1, 0.15) is 17.2 Å². The number of phenolic OH excluding ortho intramolecular Hbond substituents is 2. The Kier molecular flexibility index (Phi) is 2.82. The van der Waals surface area contributed by atoms with Crippen molar-refractivity contribution in [3.8, 4) is 17.2 Å². The van der Waals surface area contributed by atoms with E-state index in [-0.39, 0.29) is 23.3 Å². The highest BCUT2D eigenvalue weighted by Crippen LogP contribution is 2.43. The van der Waals surface area contributed by atoms with Crippen molar-refractivity contribution in [1.29, 1.82) is 0 Å². The van der Waals surface area contributed by atoms with Gasteiger partial charge in [-0.3, -0.25) is 0 Å². The number of benzene rings is 2. The van der Waals surface area contributed by atoms with E-state index in [1.54, 1.807) is 24.3 Å². The van der Waals surface area contributed by atoms with Gasteiger partial charge in [-0.25, -0.2) is 0 Å². The van der Waals surface area contributed by atoms with Gasteiger partial charge in [-0.15, -0.1) is 0 Å². The summed E-state index contributed by atoms with van der Waals surface area (Å²) < 4.78 is 5.77. The molecule has 0 radical (unpaired) electrons. The molecule has 19 heavy (non-hydrogen) atoms. The van der Waals surface area contributed by atoms with Crippen molar-refractivity contribution >= 4 is 0 Å². The quantitative estimate of drug-likeness (QED) is 0.822. The van der Waals surface area contributed by atoms with Gasteiger partial charge >= 0.3 is 0 Å². The van der Waals surface area contributed by atoms with E-state index < -0.39 is 0 Å². The molecule has 0 unspecified atom stereocenters. The van der Waals surface area contributed by atoms with E-state index in [0.29, 0.717) is 6.61 Å². The predicted octanol–water partition coefficient (Wildman–Crippen LogP) is 3.38. The van der Waals surface area contributed by atoms with Crippen LogP contribution in [-0.4, -0.2) is 16.8 Å². The van der Waals surface area contributed by atoms with Crippen LogP contribution >= 0.6 is 0 Å². The van der Waals surface area contributed by atoms with E-state index in [4.69, 9.17) is 4.74 Å². The molecule has 2 N–H and O–H groups in total. The van der Waals surface area contributed by atoms with E-state index in [1.165, 1.54) is 0 Å². The van der Waals surface area contributed by atoms with Crippen LogP contribution in [0.1, 0.15) is 29.9 Å². The van der Waals surface area contributed by atoms with Crippen LogP contribution < -0.4 is 4.74 Å². The predicted molar refractivity (Wildman–Crippen MR) is 72.9 cm³/mol. The maximum absolute atomic E-state index is 9.61. The fraction of sp³-hybridized carbons (Fsp3) is 0.250. The Morgan fingerprint density at radius 2 is 1.68 bits per heavy atom. The molecule has 0 aromatic heterocycles. The Morgan fingerprint density at radius 3 is 2.42 bits per heavy atom. The number of aromatic hydroxyl groups is 2. The molecular weight excluding hydrogens is 240 g/mol. The number of hydrogen-bond acceptors (Lipinski definition) is 3. The molecule has 0 aliphatic carbocycles. The third kappa shape index (κ3) is 2.12. The highest BCUT2D eigenvalue weighted by atomic mass is 16.5. The summed E-state index contributed by atoms with van der Waals surface area (Å²) in [6.45, 7) is 2.75. The van der Waals surface area contributed by atoms with E-state index in [1.807, 2.05) is 18.2 Å². The molecule has 3 nitrogen and oxygen atoms in total. The molecular formula is C16H16O3. The first-order valence-corrected chi connectivity index (χ1v) is 6.40. The van der Waals surface area contributed by atoms with Crippen LogP contribution in [0.2, 0.25) is 0 Å². The van der Waals surface area contributed by atoms with Gasteiger partial charge in [0.15, 0.2) is 0 Å². The lowest BCUT2D eigenvalue weighted by Crippen LogP contribution is -2.22. The summed E-state index contributed by atoms with van der Waals surface area (Å²) >= 11 is 0. The Morgan fingerprint density at radius 1 is 1.00 bits per heavy atom. The zero-order valence-corrected chi connectivity index (χ0v) is 10.7. The van der Waals surface area contributed by atoms with Gasteiger partial charge in [0.25, 0.3) is 0 Å².